The highest BCUT2D eigenvalue weighted by Gasteiger charge is 2.34. The van der Waals surface area contributed by atoms with Gasteiger partial charge in [0.25, 0.3) is 5.91 Å². The number of halogens is 3. The number of pyridine rings is 1. The second-order valence-corrected chi connectivity index (χ2v) is 7.40. The Labute approximate surface area is 168 Å². The number of benzene rings is 1. The summed E-state index contributed by atoms with van der Waals surface area (Å²) in [6.45, 7) is 0.531. The van der Waals surface area contributed by atoms with E-state index in [2.05, 4.69) is 20.9 Å². The number of hydrogen-bond donors (Lipinski definition) is 1. The molecule has 3 rings (SSSR count). The molecule has 0 unspecified atom stereocenters. The molecule has 1 atom stereocenters. The fourth-order valence-electron chi connectivity index (χ4n) is 3.10. The molecule has 0 spiro atoms. The van der Waals surface area contributed by atoms with Crippen LogP contribution in [0.4, 0.5) is 15.0 Å². The molecule has 9 heteroatoms. The topological polar surface area (TPSA) is 73.7 Å². The number of carbonyl (C=O) groups is 2. The first-order valence-corrected chi connectivity index (χ1v) is 9.42. The SMILES string of the molecule is O=C(O)N1CCC[C@@H](N(C(=O)c2ccc(Br)c(F)c2)c2ncccc2Cl)C1. The van der Waals surface area contributed by atoms with Gasteiger partial charge in [0.15, 0.2) is 5.82 Å². The maximum absolute atomic E-state index is 13.9. The summed E-state index contributed by atoms with van der Waals surface area (Å²) in [5.41, 5.74) is 0.130. The zero-order valence-corrected chi connectivity index (χ0v) is 16.5. The quantitative estimate of drug-likeness (QED) is 0.742. The number of carbonyl (C=O) groups excluding carboxylic acids is 1. The average Bonchev–Trinajstić information content (AvgIpc) is 2.66. The fourth-order valence-corrected chi connectivity index (χ4v) is 3.56. The van der Waals surface area contributed by atoms with E-state index in [0.717, 1.165) is 6.07 Å². The van der Waals surface area contributed by atoms with Crippen molar-refractivity contribution in [2.45, 2.75) is 18.9 Å². The lowest BCUT2D eigenvalue weighted by Crippen LogP contribution is -2.52. The molecule has 1 aromatic carbocycles. The van der Waals surface area contributed by atoms with Crippen LogP contribution in [0.15, 0.2) is 41.0 Å². The second-order valence-electron chi connectivity index (χ2n) is 6.14. The van der Waals surface area contributed by atoms with Gasteiger partial charge in [-0.3, -0.25) is 9.69 Å². The van der Waals surface area contributed by atoms with Crippen LogP contribution in [-0.2, 0) is 0 Å². The third kappa shape index (κ3) is 4.22. The molecule has 27 heavy (non-hydrogen) atoms. The van der Waals surface area contributed by atoms with E-state index in [-0.39, 0.29) is 27.4 Å². The maximum Gasteiger partial charge on any atom is 0.407 e. The van der Waals surface area contributed by atoms with Crippen LogP contribution in [0, 0.1) is 5.82 Å². The molecule has 1 saturated heterocycles. The van der Waals surface area contributed by atoms with Crippen molar-refractivity contribution in [1.82, 2.24) is 9.88 Å². The number of likely N-dealkylation sites (tertiary alicyclic amines) is 1. The maximum atomic E-state index is 13.9. The van der Waals surface area contributed by atoms with Crippen LogP contribution in [0.3, 0.4) is 0 Å². The summed E-state index contributed by atoms with van der Waals surface area (Å²) < 4.78 is 14.2. The van der Waals surface area contributed by atoms with Crippen LogP contribution in [0.2, 0.25) is 5.02 Å². The third-order valence-corrected chi connectivity index (χ3v) is 5.32. The van der Waals surface area contributed by atoms with E-state index < -0.39 is 23.9 Å². The lowest BCUT2D eigenvalue weighted by Gasteiger charge is -2.38. The molecule has 1 aromatic heterocycles. The van der Waals surface area contributed by atoms with Gasteiger partial charge in [0.1, 0.15) is 5.82 Å². The molecule has 0 saturated carbocycles. The molecular weight excluding hydrogens is 441 g/mol. The summed E-state index contributed by atoms with van der Waals surface area (Å²) in [7, 11) is 0. The van der Waals surface area contributed by atoms with Crippen molar-refractivity contribution < 1.29 is 19.1 Å². The van der Waals surface area contributed by atoms with Gasteiger partial charge in [0, 0.05) is 24.8 Å². The van der Waals surface area contributed by atoms with E-state index in [1.54, 1.807) is 12.1 Å². The molecular formula is C18H16BrClFN3O3. The van der Waals surface area contributed by atoms with Crippen molar-refractivity contribution >= 4 is 45.3 Å². The van der Waals surface area contributed by atoms with Crippen LogP contribution < -0.4 is 4.90 Å². The van der Waals surface area contributed by atoms with Crippen molar-refractivity contribution in [3.05, 3.63) is 57.4 Å². The zero-order valence-electron chi connectivity index (χ0n) is 14.1. The molecule has 1 fully saturated rings. The summed E-state index contributed by atoms with van der Waals surface area (Å²) in [6.07, 6.45) is 1.64. The van der Waals surface area contributed by atoms with Crippen LogP contribution in [0.25, 0.3) is 0 Å². The first kappa shape index (κ1) is 19.6. The normalized spacial score (nSPS) is 16.9. The predicted molar refractivity (Wildman–Crippen MR) is 103 cm³/mol. The molecule has 142 valence electrons. The molecule has 6 nitrogen and oxygen atoms in total. The van der Waals surface area contributed by atoms with E-state index in [9.17, 15) is 19.1 Å². The molecule has 2 amide bonds. The van der Waals surface area contributed by atoms with E-state index >= 15 is 0 Å². The minimum Gasteiger partial charge on any atom is -0.465 e. The van der Waals surface area contributed by atoms with Gasteiger partial charge in [-0.1, -0.05) is 11.6 Å². The lowest BCUT2D eigenvalue weighted by atomic mass is 10.0. The Bertz CT molecular complexity index is 883. The molecule has 0 bridgehead atoms. The van der Waals surface area contributed by atoms with Gasteiger partial charge >= 0.3 is 6.09 Å². The molecule has 2 heterocycles. The van der Waals surface area contributed by atoms with Crippen LogP contribution in [-0.4, -0.2) is 46.1 Å². The Morgan fingerprint density at radius 1 is 1.37 bits per heavy atom. The second kappa shape index (κ2) is 8.22. The molecule has 0 radical (unpaired) electrons. The Balaban J connectivity index is 2.02. The first-order valence-electron chi connectivity index (χ1n) is 8.25. The first-order chi connectivity index (χ1) is 12.9. The number of amides is 2. The van der Waals surface area contributed by atoms with Gasteiger partial charge in [-0.2, -0.15) is 0 Å². The highest BCUT2D eigenvalue weighted by Crippen LogP contribution is 2.30. The highest BCUT2D eigenvalue weighted by atomic mass is 79.9. The van der Waals surface area contributed by atoms with Crippen molar-refractivity contribution in [3.63, 3.8) is 0 Å². The number of nitrogens with zero attached hydrogens (tertiary/aromatic N) is 3. The standard InChI is InChI=1S/C18H16BrClFN3O3/c19-13-6-5-11(9-15(13)21)17(25)24(16-14(20)4-1-7-22-16)12-3-2-8-23(10-12)18(26)27/h1,4-7,9,12H,2-3,8,10H2,(H,26,27)/t12-/m1/s1. The largest absolute Gasteiger partial charge is 0.465 e. The number of rotatable bonds is 3. The predicted octanol–water partition coefficient (Wildman–Crippen LogP) is 4.43. The molecule has 1 aliphatic rings. The lowest BCUT2D eigenvalue weighted by molar-refractivity contribution is 0.0941. The zero-order chi connectivity index (χ0) is 19.6. The van der Waals surface area contributed by atoms with E-state index in [0.29, 0.717) is 19.4 Å². The van der Waals surface area contributed by atoms with E-state index in [4.69, 9.17) is 11.6 Å². The Hall–Kier alpha value is -2.19. The van der Waals surface area contributed by atoms with Gasteiger partial charge < -0.3 is 10.0 Å². The smallest absolute Gasteiger partial charge is 0.407 e. The summed E-state index contributed by atoms with van der Waals surface area (Å²) in [6, 6.07) is 6.86. The van der Waals surface area contributed by atoms with Gasteiger partial charge in [0.2, 0.25) is 0 Å². The van der Waals surface area contributed by atoms with Crippen molar-refractivity contribution in [1.29, 1.82) is 0 Å². The van der Waals surface area contributed by atoms with E-state index in [1.165, 1.54) is 28.1 Å². The Morgan fingerprint density at radius 3 is 2.81 bits per heavy atom. The molecule has 1 N–H and O–H groups in total. The van der Waals surface area contributed by atoms with Crippen molar-refractivity contribution in [2.75, 3.05) is 18.0 Å². The molecule has 2 aromatic rings. The van der Waals surface area contributed by atoms with Gasteiger partial charge in [-0.15, -0.1) is 0 Å². The monoisotopic (exact) mass is 455 g/mol. The van der Waals surface area contributed by atoms with Crippen LogP contribution in [0.5, 0.6) is 0 Å². The third-order valence-electron chi connectivity index (χ3n) is 4.38. The van der Waals surface area contributed by atoms with Gasteiger partial charge in [-0.25, -0.2) is 14.2 Å². The molecule has 1 aliphatic heterocycles. The van der Waals surface area contributed by atoms with Gasteiger partial charge in [-0.05, 0) is 59.1 Å². The number of anilines is 1. The minimum absolute atomic E-state index is 0.130. The number of carboxylic acid groups (broad SMARTS) is 1. The molecule has 0 aliphatic carbocycles. The van der Waals surface area contributed by atoms with Crippen LogP contribution >= 0.6 is 27.5 Å². The summed E-state index contributed by atoms with van der Waals surface area (Å²) in [5, 5.41) is 9.57. The number of hydrogen-bond acceptors (Lipinski definition) is 3. The summed E-state index contributed by atoms with van der Waals surface area (Å²) >= 11 is 9.32. The number of aromatic nitrogens is 1. The average molecular weight is 457 g/mol. The Kier molecular flexibility index (Phi) is 5.96. The van der Waals surface area contributed by atoms with Gasteiger partial charge in [0.05, 0.1) is 15.5 Å². The van der Waals surface area contributed by atoms with E-state index in [1.807, 2.05) is 0 Å². The van der Waals surface area contributed by atoms with Crippen molar-refractivity contribution in [3.8, 4) is 0 Å². The summed E-state index contributed by atoms with van der Waals surface area (Å²) in [5.74, 6) is -0.826. The highest BCUT2D eigenvalue weighted by molar-refractivity contribution is 9.10. The van der Waals surface area contributed by atoms with Crippen LogP contribution in [0.1, 0.15) is 23.2 Å². The summed E-state index contributed by atoms with van der Waals surface area (Å²) in [4.78, 5) is 31.4. The number of piperidine rings is 1. The fraction of sp³-hybridized carbons (Fsp3) is 0.278. The van der Waals surface area contributed by atoms with Crippen molar-refractivity contribution in [2.24, 2.45) is 0 Å². The Morgan fingerprint density at radius 2 is 2.15 bits per heavy atom. The minimum atomic E-state index is -1.05.